The van der Waals surface area contributed by atoms with Crippen LogP contribution in [-0.4, -0.2) is 28.4 Å². The first-order valence-corrected chi connectivity index (χ1v) is 10.4. The third-order valence-electron chi connectivity index (χ3n) is 4.43. The van der Waals surface area contributed by atoms with Gasteiger partial charge in [-0.25, -0.2) is 4.98 Å². The third-order valence-corrected chi connectivity index (χ3v) is 5.28. The van der Waals surface area contributed by atoms with Gasteiger partial charge < -0.3 is 10.5 Å². The minimum atomic E-state index is -0.543. The third kappa shape index (κ3) is 4.64. The van der Waals surface area contributed by atoms with E-state index >= 15 is 0 Å². The molecule has 154 valence electrons. The van der Waals surface area contributed by atoms with Crippen molar-refractivity contribution in [3.63, 3.8) is 0 Å². The van der Waals surface area contributed by atoms with Gasteiger partial charge in [-0.2, -0.15) is 9.78 Å². The smallest absolute Gasteiger partial charge is 0.282 e. The second-order valence-corrected chi connectivity index (χ2v) is 7.79. The van der Waals surface area contributed by atoms with E-state index in [1.807, 2.05) is 48.5 Å². The molecule has 0 radical (unpaired) electrons. The predicted octanol–water partition coefficient (Wildman–Crippen LogP) is 3.41. The molecular formula is C23H17IN4O3. The summed E-state index contributed by atoms with van der Waals surface area (Å²) in [6, 6.07) is 22.0. The lowest BCUT2D eigenvalue weighted by Crippen LogP contribution is -2.20. The van der Waals surface area contributed by atoms with Crippen molar-refractivity contribution in [1.82, 2.24) is 9.66 Å². The highest BCUT2D eigenvalue weighted by atomic mass is 127. The van der Waals surface area contributed by atoms with E-state index in [1.165, 1.54) is 4.68 Å². The number of hydrogen-bond acceptors (Lipinski definition) is 5. The van der Waals surface area contributed by atoms with Gasteiger partial charge in [0.15, 0.2) is 12.4 Å². The Hall–Kier alpha value is -3.53. The number of rotatable bonds is 6. The van der Waals surface area contributed by atoms with Crippen LogP contribution in [0.4, 0.5) is 0 Å². The number of nitrogens with zero attached hydrogens (tertiary/aromatic N) is 3. The number of fused-ring (bicyclic) bond motifs is 1. The number of para-hydroxylation sites is 1. The minimum absolute atomic E-state index is 0.192. The van der Waals surface area contributed by atoms with Gasteiger partial charge in [-0.05, 0) is 58.5 Å². The summed E-state index contributed by atoms with van der Waals surface area (Å²) in [6.45, 7) is -0.192. The topological polar surface area (TPSA) is 99.6 Å². The summed E-state index contributed by atoms with van der Waals surface area (Å²) < 4.78 is 7.46. The number of hydrogen-bond donors (Lipinski definition) is 1. The fraction of sp³-hybridized carbons (Fsp3) is 0.0435. The number of amides is 1. The van der Waals surface area contributed by atoms with Crippen LogP contribution in [0.15, 0.2) is 82.7 Å². The van der Waals surface area contributed by atoms with Gasteiger partial charge in [0.25, 0.3) is 11.5 Å². The van der Waals surface area contributed by atoms with Crippen LogP contribution in [0.25, 0.3) is 22.3 Å². The normalized spacial score (nSPS) is 11.1. The van der Waals surface area contributed by atoms with Gasteiger partial charge in [-0.1, -0.05) is 42.5 Å². The minimum Gasteiger partial charge on any atom is -0.483 e. The number of carbonyl (C=O) groups excluding carboxylic acids is 1. The molecule has 0 aliphatic rings. The Balaban J connectivity index is 1.76. The molecule has 0 saturated heterocycles. The summed E-state index contributed by atoms with van der Waals surface area (Å²) in [7, 11) is 0. The fourth-order valence-corrected chi connectivity index (χ4v) is 3.69. The maximum atomic E-state index is 13.2. The van der Waals surface area contributed by atoms with E-state index in [-0.39, 0.29) is 12.2 Å². The Morgan fingerprint density at radius 1 is 1.10 bits per heavy atom. The quantitative estimate of drug-likeness (QED) is 0.309. The summed E-state index contributed by atoms with van der Waals surface area (Å²) in [5, 5.41) is 4.94. The molecule has 1 aromatic heterocycles. The van der Waals surface area contributed by atoms with Crippen LogP contribution in [0.1, 0.15) is 5.56 Å². The van der Waals surface area contributed by atoms with Gasteiger partial charge >= 0.3 is 0 Å². The molecule has 31 heavy (non-hydrogen) atoms. The first-order chi connectivity index (χ1) is 15.0. The van der Waals surface area contributed by atoms with Crippen LogP contribution in [0, 0.1) is 3.57 Å². The van der Waals surface area contributed by atoms with Crippen LogP contribution >= 0.6 is 22.6 Å². The van der Waals surface area contributed by atoms with E-state index < -0.39 is 5.91 Å². The van der Waals surface area contributed by atoms with Crippen LogP contribution in [0.3, 0.4) is 0 Å². The Morgan fingerprint density at radius 3 is 2.58 bits per heavy atom. The highest BCUT2D eigenvalue weighted by molar-refractivity contribution is 14.1. The lowest BCUT2D eigenvalue weighted by Gasteiger charge is -2.10. The van der Waals surface area contributed by atoms with E-state index in [0.29, 0.717) is 22.5 Å². The van der Waals surface area contributed by atoms with Gasteiger partial charge in [0, 0.05) is 5.56 Å². The van der Waals surface area contributed by atoms with Crippen LogP contribution in [-0.2, 0) is 4.79 Å². The maximum absolute atomic E-state index is 13.2. The SMILES string of the molecule is NC(=O)COc1ccc(C=Nn2c(-c3ccccc3)nc3ccccc3c2=O)cc1I. The zero-order chi connectivity index (χ0) is 21.8. The largest absolute Gasteiger partial charge is 0.483 e. The molecular weight excluding hydrogens is 507 g/mol. The standard InChI is InChI=1S/C23H17IN4O3/c24-18-12-15(10-11-20(18)31-14-21(25)29)13-26-28-22(16-6-2-1-3-7-16)27-19-9-5-4-8-17(19)23(28)30/h1-13H,14H2,(H2,25,29). The molecule has 2 N–H and O–H groups in total. The van der Waals surface area contributed by atoms with Crippen molar-refractivity contribution in [2.45, 2.75) is 0 Å². The molecule has 1 amide bonds. The first kappa shape index (κ1) is 20.7. The number of aromatic nitrogens is 2. The zero-order valence-corrected chi connectivity index (χ0v) is 18.4. The summed E-state index contributed by atoms with van der Waals surface area (Å²) in [5.74, 6) is 0.459. The Bertz CT molecular complexity index is 1350. The number of primary amides is 1. The van der Waals surface area contributed by atoms with Crippen molar-refractivity contribution in [2.24, 2.45) is 10.8 Å². The summed E-state index contributed by atoms with van der Waals surface area (Å²) in [6.07, 6.45) is 1.59. The van der Waals surface area contributed by atoms with Crippen molar-refractivity contribution in [2.75, 3.05) is 6.61 Å². The molecule has 0 aliphatic carbocycles. The van der Waals surface area contributed by atoms with E-state index in [9.17, 15) is 9.59 Å². The van der Waals surface area contributed by atoms with Crippen LogP contribution < -0.4 is 16.0 Å². The van der Waals surface area contributed by atoms with E-state index in [2.05, 4.69) is 32.7 Å². The van der Waals surface area contributed by atoms with E-state index in [4.69, 9.17) is 10.5 Å². The molecule has 1 heterocycles. The second-order valence-electron chi connectivity index (χ2n) is 6.62. The summed E-state index contributed by atoms with van der Waals surface area (Å²) in [5.41, 5.74) is 7.03. The van der Waals surface area contributed by atoms with Crippen molar-refractivity contribution < 1.29 is 9.53 Å². The molecule has 0 atom stereocenters. The molecule has 0 spiro atoms. The molecule has 3 aromatic carbocycles. The van der Waals surface area contributed by atoms with Gasteiger partial charge in [0.1, 0.15) is 5.75 Å². The molecule has 8 heteroatoms. The van der Waals surface area contributed by atoms with Crippen molar-refractivity contribution >= 4 is 45.6 Å². The predicted molar refractivity (Wildman–Crippen MR) is 128 cm³/mol. The van der Waals surface area contributed by atoms with Gasteiger partial charge in [-0.3, -0.25) is 9.59 Å². The second kappa shape index (κ2) is 9.09. The lowest BCUT2D eigenvalue weighted by molar-refractivity contribution is -0.119. The molecule has 0 saturated carbocycles. The first-order valence-electron chi connectivity index (χ1n) is 9.35. The van der Waals surface area contributed by atoms with E-state index in [0.717, 1.165) is 14.7 Å². The van der Waals surface area contributed by atoms with Crippen molar-refractivity contribution in [3.8, 4) is 17.1 Å². The van der Waals surface area contributed by atoms with Gasteiger partial charge in [0.2, 0.25) is 0 Å². The number of benzene rings is 3. The number of ether oxygens (including phenoxy) is 1. The van der Waals surface area contributed by atoms with E-state index in [1.54, 1.807) is 30.5 Å². The molecule has 0 bridgehead atoms. The Morgan fingerprint density at radius 2 is 1.84 bits per heavy atom. The Labute approximate surface area is 191 Å². The lowest BCUT2D eigenvalue weighted by atomic mass is 10.2. The summed E-state index contributed by atoms with van der Waals surface area (Å²) >= 11 is 2.10. The van der Waals surface area contributed by atoms with Crippen molar-refractivity contribution in [3.05, 3.63) is 92.3 Å². The highest BCUT2D eigenvalue weighted by Gasteiger charge is 2.12. The van der Waals surface area contributed by atoms with Crippen LogP contribution in [0.5, 0.6) is 5.75 Å². The molecule has 0 fully saturated rings. The molecule has 4 aromatic rings. The Kier molecular flexibility index (Phi) is 6.08. The van der Waals surface area contributed by atoms with Crippen molar-refractivity contribution in [1.29, 1.82) is 0 Å². The van der Waals surface area contributed by atoms with Gasteiger partial charge in [0.05, 0.1) is 20.7 Å². The maximum Gasteiger partial charge on any atom is 0.282 e. The molecule has 0 aliphatic heterocycles. The summed E-state index contributed by atoms with van der Waals surface area (Å²) in [4.78, 5) is 28.8. The average molecular weight is 524 g/mol. The average Bonchev–Trinajstić information content (AvgIpc) is 2.78. The number of halogens is 1. The fourth-order valence-electron chi connectivity index (χ4n) is 2.99. The van der Waals surface area contributed by atoms with Crippen LogP contribution in [0.2, 0.25) is 0 Å². The zero-order valence-electron chi connectivity index (χ0n) is 16.2. The molecule has 4 rings (SSSR count). The number of nitrogens with two attached hydrogens (primary N) is 1. The molecule has 7 nitrogen and oxygen atoms in total. The van der Waals surface area contributed by atoms with Gasteiger partial charge in [-0.15, -0.1) is 0 Å². The molecule has 0 unspecified atom stereocenters. The monoisotopic (exact) mass is 524 g/mol. The number of carbonyl (C=O) groups is 1. The highest BCUT2D eigenvalue weighted by Crippen LogP contribution is 2.22.